The molecule has 220 valence electrons. The van der Waals surface area contributed by atoms with Crippen molar-refractivity contribution in [2.45, 2.75) is 51.7 Å². The van der Waals surface area contributed by atoms with E-state index in [0.717, 1.165) is 11.8 Å². The zero-order valence-electron chi connectivity index (χ0n) is 23.2. The van der Waals surface area contributed by atoms with Crippen LogP contribution >= 0.6 is 0 Å². The Morgan fingerprint density at radius 1 is 1.05 bits per heavy atom. The highest BCUT2D eigenvalue weighted by molar-refractivity contribution is 7.92. The van der Waals surface area contributed by atoms with Crippen molar-refractivity contribution in [2.75, 3.05) is 24.1 Å². The molecule has 13 nitrogen and oxygen atoms in total. The second kappa shape index (κ2) is 12.7. The maximum atomic E-state index is 12.9. The summed E-state index contributed by atoms with van der Waals surface area (Å²) in [5.41, 5.74) is 6.75. The Bertz CT molecular complexity index is 1470. The van der Waals surface area contributed by atoms with Gasteiger partial charge in [0.05, 0.1) is 37.2 Å². The fraction of sp³-hybridized carbons (Fsp3) is 0.407. The number of aromatic nitrogens is 3. The number of para-hydroxylation sites is 1. The minimum atomic E-state index is -3.49. The van der Waals surface area contributed by atoms with Gasteiger partial charge in [0.25, 0.3) is 0 Å². The van der Waals surface area contributed by atoms with Gasteiger partial charge in [0.2, 0.25) is 15.9 Å². The maximum absolute atomic E-state index is 12.9. The van der Waals surface area contributed by atoms with Gasteiger partial charge in [-0.1, -0.05) is 48.5 Å². The minimum Gasteiger partial charge on any atom is -0.444 e. The topological polar surface area (TPSA) is 171 Å². The summed E-state index contributed by atoms with van der Waals surface area (Å²) in [5, 5.41) is 11.5. The first-order valence-electron chi connectivity index (χ1n) is 13.0. The van der Waals surface area contributed by atoms with Gasteiger partial charge in [-0.05, 0) is 25.5 Å². The van der Waals surface area contributed by atoms with E-state index in [1.165, 1.54) is 4.90 Å². The Hall–Kier alpha value is -4.01. The molecule has 1 atom stereocenters. The lowest BCUT2D eigenvalue weighted by Crippen LogP contribution is -2.51. The molecule has 14 heteroatoms. The molecule has 0 unspecified atom stereocenters. The Kier molecular flexibility index (Phi) is 9.25. The number of fused-ring (bicyclic) bond motifs is 1. The largest absolute Gasteiger partial charge is 0.444 e. The first kappa shape index (κ1) is 30.0. The summed E-state index contributed by atoms with van der Waals surface area (Å²) in [6.45, 7) is 4.43. The number of rotatable bonds is 11. The summed E-state index contributed by atoms with van der Waals surface area (Å²) in [6, 6.07) is 15.7. The molecule has 0 bridgehead atoms. The van der Waals surface area contributed by atoms with Crippen molar-refractivity contribution in [3.05, 3.63) is 77.4 Å². The number of ether oxygens (including phenoxy) is 2. The zero-order chi connectivity index (χ0) is 29.6. The molecule has 4 N–H and O–H groups in total. The molecular weight excluding hydrogens is 550 g/mol. The number of carbonyl (C=O) groups is 2. The normalized spacial score (nSPS) is 14.2. The van der Waals surface area contributed by atoms with Gasteiger partial charge in [-0.3, -0.25) is 14.4 Å². The fourth-order valence-corrected chi connectivity index (χ4v) is 4.76. The molecular formula is C27H35N7O6S. The van der Waals surface area contributed by atoms with Crippen LogP contribution in [0.5, 0.6) is 0 Å². The Labute approximate surface area is 239 Å². The SMILES string of the molecule is CC(C)(N)C(=O)N[C@H](COCc1ccccc1)c1nnc2n1CCN(C(=O)OCc1ccccc1NS(C)(=O)=O)C2. The molecule has 2 aromatic carbocycles. The average molecular weight is 586 g/mol. The molecule has 2 heterocycles. The van der Waals surface area contributed by atoms with Crippen LogP contribution in [0.25, 0.3) is 0 Å². The molecule has 1 aliphatic heterocycles. The molecule has 2 amide bonds. The van der Waals surface area contributed by atoms with Crippen LogP contribution in [0.3, 0.4) is 0 Å². The first-order chi connectivity index (χ1) is 19.4. The van der Waals surface area contributed by atoms with Crippen LogP contribution in [0.4, 0.5) is 10.5 Å². The van der Waals surface area contributed by atoms with Crippen LogP contribution in [0.15, 0.2) is 54.6 Å². The van der Waals surface area contributed by atoms with E-state index in [1.54, 1.807) is 38.1 Å². The highest BCUT2D eigenvalue weighted by atomic mass is 32.2. The molecule has 3 aromatic rings. The lowest BCUT2D eigenvalue weighted by Gasteiger charge is -2.29. The number of sulfonamides is 1. The third kappa shape index (κ3) is 8.25. The molecule has 1 aliphatic rings. The summed E-state index contributed by atoms with van der Waals surface area (Å²) >= 11 is 0. The van der Waals surface area contributed by atoms with Crippen LogP contribution in [0.1, 0.15) is 42.7 Å². The Balaban J connectivity index is 1.42. The molecule has 0 saturated carbocycles. The fourth-order valence-electron chi connectivity index (χ4n) is 4.16. The highest BCUT2D eigenvalue weighted by Crippen LogP contribution is 2.22. The van der Waals surface area contributed by atoms with Crippen molar-refractivity contribution in [1.82, 2.24) is 25.0 Å². The number of hydrogen-bond acceptors (Lipinski definition) is 9. The zero-order valence-corrected chi connectivity index (χ0v) is 24.1. The molecule has 1 aromatic heterocycles. The molecule has 41 heavy (non-hydrogen) atoms. The maximum Gasteiger partial charge on any atom is 0.410 e. The van der Waals surface area contributed by atoms with E-state index in [2.05, 4.69) is 20.2 Å². The molecule has 0 aliphatic carbocycles. The van der Waals surface area contributed by atoms with Crippen molar-refractivity contribution in [3.8, 4) is 0 Å². The van der Waals surface area contributed by atoms with Crippen molar-refractivity contribution >= 4 is 27.7 Å². The number of hydrogen-bond donors (Lipinski definition) is 3. The van der Waals surface area contributed by atoms with Crippen molar-refractivity contribution in [1.29, 1.82) is 0 Å². The first-order valence-corrected chi connectivity index (χ1v) is 14.9. The van der Waals surface area contributed by atoms with Gasteiger partial charge in [0.1, 0.15) is 12.6 Å². The number of nitrogens with zero attached hydrogens (tertiary/aromatic N) is 4. The smallest absolute Gasteiger partial charge is 0.410 e. The summed E-state index contributed by atoms with van der Waals surface area (Å²) in [6.07, 6.45) is 0.479. The van der Waals surface area contributed by atoms with Crippen LogP contribution in [0, 0.1) is 0 Å². The standard InChI is InChI=1S/C27H35N7O6S/c1-27(2,28)25(35)29-22(18-39-16-19-9-5-4-6-10-19)24-31-30-23-15-33(13-14-34(23)24)26(36)40-17-20-11-7-8-12-21(20)32-41(3,37)38/h4-12,22,32H,13-18,28H2,1-3H3,(H,29,35)/t22-/m1/s1. The van der Waals surface area contributed by atoms with Crippen LogP contribution in [-0.2, 0) is 50.6 Å². The second-order valence-electron chi connectivity index (χ2n) is 10.4. The number of benzene rings is 2. The van der Waals surface area contributed by atoms with Gasteiger partial charge < -0.3 is 25.1 Å². The summed E-state index contributed by atoms with van der Waals surface area (Å²) < 4.78 is 39.0. The van der Waals surface area contributed by atoms with Crippen molar-refractivity contribution in [3.63, 3.8) is 0 Å². The molecule has 0 fully saturated rings. The average Bonchev–Trinajstić information content (AvgIpc) is 3.34. The van der Waals surface area contributed by atoms with E-state index in [1.807, 2.05) is 34.9 Å². The number of anilines is 1. The number of amides is 2. The van der Waals surface area contributed by atoms with E-state index >= 15 is 0 Å². The van der Waals surface area contributed by atoms with Gasteiger partial charge in [-0.2, -0.15) is 0 Å². The number of nitrogens with one attached hydrogen (secondary N) is 2. The van der Waals surface area contributed by atoms with Gasteiger partial charge >= 0.3 is 6.09 Å². The highest BCUT2D eigenvalue weighted by Gasteiger charge is 2.32. The Morgan fingerprint density at radius 3 is 2.46 bits per heavy atom. The van der Waals surface area contributed by atoms with Gasteiger partial charge in [0, 0.05) is 18.7 Å². The van der Waals surface area contributed by atoms with Crippen molar-refractivity contribution in [2.24, 2.45) is 5.73 Å². The number of carbonyl (C=O) groups excluding carboxylic acids is 2. The lowest BCUT2D eigenvalue weighted by atomic mass is 10.1. The summed E-state index contributed by atoms with van der Waals surface area (Å²) in [5.74, 6) is 0.658. The minimum absolute atomic E-state index is 0.117. The molecule has 0 spiro atoms. The predicted octanol–water partition coefficient (Wildman–Crippen LogP) is 1.91. The third-order valence-corrected chi connectivity index (χ3v) is 6.89. The van der Waals surface area contributed by atoms with Crippen LogP contribution in [-0.4, -0.2) is 65.0 Å². The van der Waals surface area contributed by atoms with E-state index in [-0.39, 0.29) is 25.7 Å². The molecule has 0 radical (unpaired) electrons. The van der Waals surface area contributed by atoms with Crippen molar-refractivity contribution < 1.29 is 27.5 Å². The van der Waals surface area contributed by atoms with E-state index in [9.17, 15) is 18.0 Å². The predicted molar refractivity (Wildman–Crippen MR) is 151 cm³/mol. The van der Waals surface area contributed by atoms with Crippen LogP contribution < -0.4 is 15.8 Å². The lowest BCUT2D eigenvalue weighted by molar-refractivity contribution is -0.126. The van der Waals surface area contributed by atoms with Gasteiger partial charge in [0.15, 0.2) is 11.6 Å². The van der Waals surface area contributed by atoms with Crippen LogP contribution in [0.2, 0.25) is 0 Å². The second-order valence-corrected chi connectivity index (χ2v) is 12.1. The summed E-state index contributed by atoms with van der Waals surface area (Å²) in [7, 11) is -3.49. The third-order valence-electron chi connectivity index (χ3n) is 6.30. The monoisotopic (exact) mass is 585 g/mol. The number of nitrogens with two attached hydrogens (primary N) is 1. The van der Waals surface area contributed by atoms with E-state index in [4.69, 9.17) is 15.2 Å². The van der Waals surface area contributed by atoms with E-state index < -0.39 is 27.7 Å². The van der Waals surface area contributed by atoms with Gasteiger partial charge in [-0.25, -0.2) is 13.2 Å². The molecule has 4 rings (SSSR count). The van der Waals surface area contributed by atoms with Gasteiger partial charge in [-0.15, -0.1) is 10.2 Å². The van der Waals surface area contributed by atoms with E-state index in [0.29, 0.717) is 42.6 Å². The Morgan fingerprint density at radius 2 is 1.76 bits per heavy atom. The summed E-state index contributed by atoms with van der Waals surface area (Å²) in [4.78, 5) is 27.1. The quantitative estimate of drug-likeness (QED) is 0.304. The molecule has 0 saturated heterocycles.